The van der Waals surface area contributed by atoms with E-state index in [0.717, 1.165) is 45.2 Å². The Morgan fingerprint density at radius 3 is 2.64 bits per heavy atom. The van der Waals surface area contributed by atoms with E-state index in [1.54, 1.807) is 23.1 Å². The molecule has 1 aromatic heterocycles. The number of aryl methyl sites for hydroxylation is 1. The quantitative estimate of drug-likeness (QED) is 0.477. The second-order valence-electron chi connectivity index (χ2n) is 6.97. The Balaban J connectivity index is 1.97. The third kappa shape index (κ3) is 4.74. The molecule has 0 aliphatic carbocycles. The first-order valence-electron chi connectivity index (χ1n) is 9.52. The Kier molecular flexibility index (Phi) is 7.10. The molecule has 1 heterocycles. The SMILES string of the molecule is CCc1ccc2nc(N(CCCN(C)C)C(=O)c3ccccc3SC)sc2c1. The number of anilines is 1. The monoisotopic (exact) mass is 413 g/mol. The van der Waals surface area contributed by atoms with Gasteiger partial charge in [-0.3, -0.25) is 9.69 Å². The van der Waals surface area contributed by atoms with Crippen molar-refractivity contribution >= 4 is 44.4 Å². The van der Waals surface area contributed by atoms with Gasteiger partial charge in [0.25, 0.3) is 5.91 Å². The van der Waals surface area contributed by atoms with Gasteiger partial charge in [-0.1, -0.05) is 36.5 Å². The molecular weight excluding hydrogens is 386 g/mol. The van der Waals surface area contributed by atoms with Crippen LogP contribution in [0.1, 0.15) is 29.3 Å². The maximum atomic E-state index is 13.5. The third-order valence-electron chi connectivity index (χ3n) is 4.65. The summed E-state index contributed by atoms with van der Waals surface area (Å²) in [5, 5.41) is 0.780. The fraction of sp³-hybridized carbons (Fsp3) is 0.364. The van der Waals surface area contributed by atoms with E-state index in [9.17, 15) is 4.79 Å². The Morgan fingerprint density at radius 1 is 1.14 bits per heavy atom. The number of thioether (sulfide) groups is 1. The molecule has 0 N–H and O–H groups in total. The van der Waals surface area contributed by atoms with E-state index in [4.69, 9.17) is 4.98 Å². The highest BCUT2D eigenvalue weighted by molar-refractivity contribution is 7.98. The molecule has 0 saturated carbocycles. The molecule has 2 aromatic carbocycles. The summed E-state index contributed by atoms with van der Waals surface area (Å²) < 4.78 is 1.14. The molecule has 0 saturated heterocycles. The number of carbonyl (C=O) groups is 1. The predicted octanol–water partition coefficient (Wildman–Crippen LogP) is 5.18. The van der Waals surface area contributed by atoms with Crippen LogP contribution < -0.4 is 4.90 Å². The highest BCUT2D eigenvalue weighted by Crippen LogP contribution is 2.32. The average molecular weight is 414 g/mol. The van der Waals surface area contributed by atoms with Gasteiger partial charge in [-0.15, -0.1) is 11.8 Å². The summed E-state index contributed by atoms with van der Waals surface area (Å²) in [6, 6.07) is 14.2. The van der Waals surface area contributed by atoms with Crippen molar-refractivity contribution in [2.75, 3.05) is 38.3 Å². The minimum atomic E-state index is 0.0264. The third-order valence-corrected chi connectivity index (χ3v) is 6.49. The smallest absolute Gasteiger partial charge is 0.261 e. The topological polar surface area (TPSA) is 36.4 Å². The molecule has 0 aliphatic heterocycles. The Labute approximate surface area is 175 Å². The fourth-order valence-corrected chi connectivity index (χ4v) is 4.73. The van der Waals surface area contributed by atoms with Crippen LogP contribution in [0.15, 0.2) is 47.4 Å². The first-order valence-corrected chi connectivity index (χ1v) is 11.6. The largest absolute Gasteiger partial charge is 0.309 e. The summed E-state index contributed by atoms with van der Waals surface area (Å²) in [4.78, 5) is 23.3. The number of rotatable bonds is 8. The van der Waals surface area contributed by atoms with Gasteiger partial charge in [0.05, 0.1) is 15.8 Å². The standard InChI is InChI=1S/C22H27N3OS2/c1-5-16-11-12-18-20(15-16)28-22(23-18)25(14-8-13-24(2)3)21(26)17-9-6-7-10-19(17)27-4/h6-7,9-12,15H,5,8,13-14H2,1-4H3. The van der Waals surface area contributed by atoms with Gasteiger partial charge in [-0.05, 0) is 69.6 Å². The Bertz CT molecular complexity index is 952. The van der Waals surface area contributed by atoms with Gasteiger partial charge in [-0.25, -0.2) is 4.98 Å². The zero-order valence-electron chi connectivity index (χ0n) is 16.9. The van der Waals surface area contributed by atoms with Crippen molar-refractivity contribution in [1.82, 2.24) is 9.88 Å². The van der Waals surface area contributed by atoms with E-state index in [1.165, 1.54) is 5.56 Å². The molecule has 6 heteroatoms. The van der Waals surface area contributed by atoms with Crippen molar-refractivity contribution in [3.05, 3.63) is 53.6 Å². The normalized spacial score (nSPS) is 11.3. The molecule has 0 aliphatic rings. The van der Waals surface area contributed by atoms with E-state index in [-0.39, 0.29) is 5.91 Å². The van der Waals surface area contributed by atoms with Gasteiger partial charge in [-0.2, -0.15) is 0 Å². The summed E-state index contributed by atoms with van der Waals surface area (Å²) in [5.74, 6) is 0.0264. The molecule has 3 aromatic rings. The minimum Gasteiger partial charge on any atom is -0.309 e. The van der Waals surface area contributed by atoms with Gasteiger partial charge in [0.15, 0.2) is 5.13 Å². The molecular formula is C22H27N3OS2. The van der Waals surface area contributed by atoms with Crippen LogP contribution in [-0.2, 0) is 6.42 Å². The number of carbonyl (C=O) groups excluding carboxylic acids is 1. The maximum Gasteiger partial charge on any atom is 0.261 e. The highest BCUT2D eigenvalue weighted by atomic mass is 32.2. The number of hydrogen-bond acceptors (Lipinski definition) is 5. The van der Waals surface area contributed by atoms with Crippen LogP contribution in [0.2, 0.25) is 0 Å². The fourth-order valence-electron chi connectivity index (χ4n) is 3.09. The molecule has 0 fully saturated rings. The van der Waals surface area contributed by atoms with Crippen LogP contribution in [0.25, 0.3) is 10.2 Å². The number of thiazole rings is 1. The predicted molar refractivity (Wildman–Crippen MR) is 122 cm³/mol. The number of aromatic nitrogens is 1. The van der Waals surface area contributed by atoms with E-state index in [1.807, 2.05) is 35.4 Å². The average Bonchev–Trinajstić information content (AvgIpc) is 3.13. The second kappa shape index (κ2) is 9.54. The van der Waals surface area contributed by atoms with Crippen molar-refractivity contribution in [3.8, 4) is 0 Å². The Hall–Kier alpha value is -1.89. The molecule has 3 rings (SSSR count). The summed E-state index contributed by atoms with van der Waals surface area (Å²) in [5.41, 5.74) is 3.00. The Morgan fingerprint density at radius 2 is 1.93 bits per heavy atom. The van der Waals surface area contributed by atoms with Crippen molar-refractivity contribution in [2.45, 2.75) is 24.7 Å². The van der Waals surface area contributed by atoms with Crippen molar-refractivity contribution in [2.24, 2.45) is 0 Å². The van der Waals surface area contributed by atoms with Gasteiger partial charge in [0, 0.05) is 11.4 Å². The lowest BCUT2D eigenvalue weighted by Gasteiger charge is -2.22. The van der Waals surface area contributed by atoms with Crippen molar-refractivity contribution in [3.63, 3.8) is 0 Å². The maximum absolute atomic E-state index is 13.5. The van der Waals surface area contributed by atoms with Crippen LogP contribution in [0.3, 0.4) is 0 Å². The number of nitrogens with zero attached hydrogens (tertiary/aromatic N) is 3. The second-order valence-corrected chi connectivity index (χ2v) is 8.82. The lowest BCUT2D eigenvalue weighted by Crippen LogP contribution is -2.33. The zero-order chi connectivity index (χ0) is 20.1. The van der Waals surface area contributed by atoms with E-state index >= 15 is 0 Å². The number of benzene rings is 2. The van der Waals surface area contributed by atoms with Crippen LogP contribution in [0.4, 0.5) is 5.13 Å². The molecule has 4 nitrogen and oxygen atoms in total. The van der Waals surface area contributed by atoms with Gasteiger partial charge in [0.2, 0.25) is 0 Å². The first kappa shape index (κ1) is 20.8. The molecule has 0 radical (unpaired) electrons. The molecule has 0 bridgehead atoms. The van der Waals surface area contributed by atoms with Crippen LogP contribution in [-0.4, -0.2) is 49.2 Å². The molecule has 1 amide bonds. The van der Waals surface area contributed by atoms with Crippen LogP contribution in [0, 0.1) is 0 Å². The summed E-state index contributed by atoms with van der Waals surface area (Å²) in [6.45, 7) is 3.73. The molecule has 0 spiro atoms. The number of amides is 1. The zero-order valence-corrected chi connectivity index (χ0v) is 18.6. The van der Waals surface area contributed by atoms with Crippen LogP contribution >= 0.6 is 23.1 Å². The van der Waals surface area contributed by atoms with Crippen LogP contribution in [0.5, 0.6) is 0 Å². The van der Waals surface area contributed by atoms with E-state index in [2.05, 4.69) is 44.1 Å². The van der Waals surface area contributed by atoms with Crippen molar-refractivity contribution < 1.29 is 4.79 Å². The highest BCUT2D eigenvalue weighted by Gasteiger charge is 2.23. The summed E-state index contributed by atoms with van der Waals surface area (Å²) in [7, 11) is 4.11. The van der Waals surface area contributed by atoms with Gasteiger partial charge < -0.3 is 4.90 Å². The number of fused-ring (bicyclic) bond motifs is 1. The minimum absolute atomic E-state index is 0.0264. The summed E-state index contributed by atoms with van der Waals surface area (Å²) in [6.07, 6.45) is 3.90. The molecule has 0 atom stereocenters. The van der Waals surface area contributed by atoms with E-state index < -0.39 is 0 Å². The molecule has 0 unspecified atom stereocenters. The lowest BCUT2D eigenvalue weighted by molar-refractivity contribution is 0.0983. The lowest BCUT2D eigenvalue weighted by atomic mass is 10.2. The molecule has 148 valence electrons. The first-order chi connectivity index (χ1) is 13.5. The van der Waals surface area contributed by atoms with E-state index in [0.29, 0.717) is 6.54 Å². The van der Waals surface area contributed by atoms with Gasteiger partial charge >= 0.3 is 0 Å². The van der Waals surface area contributed by atoms with Gasteiger partial charge in [0.1, 0.15) is 0 Å². The molecule has 28 heavy (non-hydrogen) atoms. The summed E-state index contributed by atoms with van der Waals surface area (Å²) >= 11 is 3.21. The number of hydrogen-bond donors (Lipinski definition) is 0. The van der Waals surface area contributed by atoms with Crippen molar-refractivity contribution in [1.29, 1.82) is 0 Å².